The van der Waals surface area contributed by atoms with Gasteiger partial charge in [0.15, 0.2) is 0 Å². The number of hydrogen-bond acceptors (Lipinski definition) is 2. The van der Waals surface area contributed by atoms with Crippen molar-refractivity contribution in [3.8, 4) is 0 Å². The Balaban J connectivity index is 1.91. The Hall–Kier alpha value is -1.28. The second-order valence-electron chi connectivity index (χ2n) is 5.35. The van der Waals surface area contributed by atoms with Gasteiger partial charge in [0, 0.05) is 0 Å². The first-order chi connectivity index (χ1) is 9.75. The SMILES string of the molecule is CN(C)CCCN1c2ccccc2[Se]c2ccccc21. The molecule has 2 aromatic rings. The molecule has 104 valence electrons. The molecule has 20 heavy (non-hydrogen) atoms. The Labute approximate surface area is 127 Å². The van der Waals surface area contributed by atoms with E-state index in [4.69, 9.17) is 0 Å². The Morgan fingerprint density at radius 2 is 1.45 bits per heavy atom. The van der Waals surface area contributed by atoms with Crippen LogP contribution in [0.3, 0.4) is 0 Å². The predicted molar refractivity (Wildman–Crippen MR) is 88.1 cm³/mol. The number of anilines is 2. The molecule has 1 heterocycles. The van der Waals surface area contributed by atoms with E-state index in [1.54, 1.807) is 0 Å². The number of fused-ring (bicyclic) bond motifs is 2. The fourth-order valence-electron chi connectivity index (χ4n) is 2.57. The maximum absolute atomic E-state index is 2.50. The third-order valence-corrected chi connectivity index (χ3v) is 5.89. The summed E-state index contributed by atoms with van der Waals surface area (Å²) in [5.41, 5.74) is 2.81. The first kappa shape index (κ1) is 13.7. The zero-order chi connectivity index (χ0) is 13.9. The molecule has 0 saturated heterocycles. The van der Waals surface area contributed by atoms with E-state index in [0.29, 0.717) is 15.0 Å². The van der Waals surface area contributed by atoms with E-state index in [1.165, 1.54) is 26.7 Å². The second-order valence-corrected chi connectivity index (χ2v) is 7.62. The summed E-state index contributed by atoms with van der Waals surface area (Å²) in [7, 11) is 4.28. The number of para-hydroxylation sites is 2. The first-order valence-corrected chi connectivity index (χ1v) is 8.75. The molecule has 0 amide bonds. The maximum atomic E-state index is 2.50. The number of benzene rings is 2. The molecule has 2 nitrogen and oxygen atoms in total. The topological polar surface area (TPSA) is 6.48 Å². The van der Waals surface area contributed by atoms with Gasteiger partial charge in [0.05, 0.1) is 0 Å². The van der Waals surface area contributed by atoms with E-state index in [0.717, 1.165) is 13.1 Å². The molecule has 0 N–H and O–H groups in total. The quantitative estimate of drug-likeness (QED) is 0.788. The average Bonchev–Trinajstić information content (AvgIpc) is 2.46. The van der Waals surface area contributed by atoms with Gasteiger partial charge in [-0.2, -0.15) is 0 Å². The molecule has 0 aromatic heterocycles. The summed E-state index contributed by atoms with van der Waals surface area (Å²) in [6.07, 6.45) is 1.18. The molecule has 2 aromatic carbocycles. The van der Waals surface area contributed by atoms with Gasteiger partial charge >= 0.3 is 127 Å². The van der Waals surface area contributed by atoms with Crippen LogP contribution in [-0.4, -0.2) is 47.0 Å². The van der Waals surface area contributed by atoms with Crippen molar-refractivity contribution < 1.29 is 0 Å². The van der Waals surface area contributed by atoms with Crippen molar-refractivity contribution in [3.63, 3.8) is 0 Å². The van der Waals surface area contributed by atoms with Crippen molar-refractivity contribution in [2.24, 2.45) is 0 Å². The summed E-state index contributed by atoms with van der Waals surface area (Å²) < 4.78 is 3.01. The van der Waals surface area contributed by atoms with Crippen LogP contribution < -0.4 is 13.8 Å². The van der Waals surface area contributed by atoms with Crippen LogP contribution in [0.5, 0.6) is 0 Å². The summed E-state index contributed by atoms with van der Waals surface area (Å²) in [6, 6.07) is 17.7. The van der Waals surface area contributed by atoms with E-state index in [2.05, 4.69) is 72.4 Å². The first-order valence-electron chi connectivity index (χ1n) is 7.04. The standard InChI is InChI=1S/C17H20N2Se/c1-18(2)12-7-13-19-14-8-3-5-10-16(14)20-17-11-6-4-9-15(17)19/h3-6,8-11H,7,12-13H2,1-2H3. The van der Waals surface area contributed by atoms with Crippen molar-refractivity contribution in [1.82, 2.24) is 4.90 Å². The van der Waals surface area contributed by atoms with Gasteiger partial charge < -0.3 is 0 Å². The molecule has 0 saturated carbocycles. The Morgan fingerprint density at radius 1 is 0.900 bits per heavy atom. The van der Waals surface area contributed by atoms with Crippen LogP contribution in [0.15, 0.2) is 48.5 Å². The third kappa shape index (κ3) is 2.76. The van der Waals surface area contributed by atoms with Crippen molar-refractivity contribution >= 4 is 35.3 Å². The van der Waals surface area contributed by atoms with Crippen molar-refractivity contribution in [3.05, 3.63) is 48.5 Å². The van der Waals surface area contributed by atoms with Gasteiger partial charge in [-0.25, -0.2) is 0 Å². The molecular weight excluding hydrogens is 311 g/mol. The van der Waals surface area contributed by atoms with Crippen LogP contribution in [0, 0.1) is 0 Å². The fourth-order valence-corrected chi connectivity index (χ4v) is 4.87. The molecular formula is C17H20N2Se. The van der Waals surface area contributed by atoms with Crippen LogP contribution >= 0.6 is 0 Å². The van der Waals surface area contributed by atoms with E-state index >= 15 is 0 Å². The number of hydrogen-bond donors (Lipinski definition) is 0. The van der Waals surface area contributed by atoms with Crippen LogP contribution in [0.25, 0.3) is 0 Å². The molecule has 0 unspecified atom stereocenters. The average molecular weight is 331 g/mol. The van der Waals surface area contributed by atoms with E-state index in [9.17, 15) is 0 Å². The fraction of sp³-hybridized carbons (Fsp3) is 0.294. The van der Waals surface area contributed by atoms with Gasteiger partial charge in [0.25, 0.3) is 0 Å². The Morgan fingerprint density at radius 3 is 2.00 bits per heavy atom. The van der Waals surface area contributed by atoms with Gasteiger partial charge in [-0.15, -0.1) is 0 Å². The van der Waals surface area contributed by atoms with Crippen molar-refractivity contribution in [2.75, 3.05) is 32.1 Å². The van der Waals surface area contributed by atoms with Crippen LogP contribution in [-0.2, 0) is 0 Å². The molecule has 0 radical (unpaired) electrons. The van der Waals surface area contributed by atoms with E-state index in [-0.39, 0.29) is 0 Å². The van der Waals surface area contributed by atoms with Gasteiger partial charge in [-0.1, -0.05) is 0 Å². The Kier molecular flexibility index (Phi) is 4.11. The molecule has 0 fully saturated rings. The summed E-state index contributed by atoms with van der Waals surface area (Å²) in [5, 5.41) is 0. The zero-order valence-corrected chi connectivity index (χ0v) is 13.8. The molecule has 3 heteroatoms. The normalized spacial score (nSPS) is 13.2. The van der Waals surface area contributed by atoms with Gasteiger partial charge in [0.1, 0.15) is 0 Å². The van der Waals surface area contributed by atoms with Crippen LogP contribution in [0.2, 0.25) is 0 Å². The molecule has 0 spiro atoms. The summed E-state index contributed by atoms with van der Waals surface area (Å²) >= 11 is 0.436. The molecule has 3 rings (SSSR count). The summed E-state index contributed by atoms with van der Waals surface area (Å²) in [6.45, 7) is 2.22. The molecule has 1 aliphatic heterocycles. The van der Waals surface area contributed by atoms with Crippen LogP contribution in [0.4, 0.5) is 11.4 Å². The van der Waals surface area contributed by atoms with Crippen LogP contribution in [0.1, 0.15) is 6.42 Å². The Bertz CT molecular complexity index is 550. The van der Waals surface area contributed by atoms with E-state index < -0.39 is 0 Å². The monoisotopic (exact) mass is 332 g/mol. The number of rotatable bonds is 4. The van der Waals surface area contributed by atoms with Crippen molar-refractivity contribution in [2.45, 2.75) is 6.42 Å². The molecule has 0 atom stereocenters. The minimum atomic E-state index is 0.436. The minimum absolute atomic E-state index is 0.436. The summed E-state index contributed by atoms with van der Waals surface area (Å²) in [4.78, 5) is 4.76. The summed E-state index contributed by atoms with van der Waals surface area (Å²) in [5.74, 6) is 0. The van der Waals surface area contributed by atoms with Gasteiger partial charge in [-0.3, -0.25) is 0 Å². The van der Waals surface area contributed by atoms with Crippen molar-refractivity contribution in [1.29, 1.82) is 0 Å². The van der Waals surface area contributed by atoms with Gasteiger partial charge in [0.2, 0.25) is 0 Å². The predicted octanol–water partition coefficient (Wildman–Crippen LogP) is 1.74. The number of nitrogens with zero attached hydrogens (tertiary/aromatic N) is 2. The van der Waals surface area contributed by atoms with E-state index in [1.807, 2.05) is 0 Å². The molecule has 1 aliphatic rings. The molecule has 0 bridgehead atoms. The second kappa shape index (κ2) is 6.01. The molecule has 0 aliphatic carbocycles. The zero-order valence-electron chi connectivity index (χ0n) is 12.0. The third-order valence-electron chi connectivity index (χ3n) is 3.52. The van der Waals surface area contributed by atoms with Gasteiger partial charge in [-0.05, 0) is 0 Å².